The van der Waals surface area contributed by atoms with Crippen LogP contribution in [-0.2, 0) is 5.92 Å². The van der Waals surface area contributed by atoms with Gasteiger partial charge in [0.25, 0.3) is 11.5 Å². The molecule has 0 bridgehead atoms. The molecule has 10 heteroatoms. The van der Waals surface area contributed by atoms with Crippen LogP contribution in [0.4, 0.5) is 18.9 Å². The SMILES string of the molecule is Cc1cnc2cc(C3CCN(c4c(C)cccc4F)CC3)c(=O)n(C3CCC(F)(F)c4nccnc43)c2n1. The number of piperidine rings is 1. The summed E-state index contributed by atoms with van der Waals surface area (Å²) < 4.78 is 45.5. The Balaban J connectivity index is 1.43. The van der Waals surface area contributed by atoms with Gasteiger partial charge in [-0.3, -0.25) is 24.3 Å². The number of fused-ring (bicyclic) bond motifs is 2. The van der Waals surface area contributed by atoms with Gasteiger partial charge in [-0.15, -0.1) is 0 Å². The summed E-state index contributed by atoms with van der Waals surface area (Å²) in [6.45, 7) is 4.85. The van der Waals surface area contributed by atoms with E-state index in [0.29, 0.717) is 54.0 Å². The minimum absolute atomic E-state index is 0.0256. The van der Waals surface area contributed by atoms with E-state index in [1.54, 1.807) is 25.3 Å². The van der Waals surface area contributed by atoms with Crippen LogP contribution >= 0.6 is 0 Å². The minimum atomic E-state index is -3.11. The number of nitrogens with zero attached hydrogens (tertiary/aromatic N) is 6. The number of alkyl halides is 2. The first-order chi connectivity index (χ1) is 18.2. The molecule has 0 radical (unpaired) electrons. The number of hydrogen-bond donors (Lipinski definition) is 0. The van der Waals surface area contributed by atoms with Gasteiger partial charge in [-0.05, 0) is 56.7 Å². The van der Waals surface area contributed by atoms with Gasteiger partial charge in [-0.1, -0.05) is 12.1 Å². The Bertz CT molecular complexity index is 1580. The van der Waals surface area contributed by atoms with Crippen molar-refractivity contribution >= 4 is 16.9 Å². The fourth-order valence-electron chi connectivity index (χ4n) is 5.92. The highest BCUT2D eigenvalue weighted by molar-refractivity contribution is 5.71. The van der Waals surface area contributed by atoms with E-state index in [9.17, 15) is 18.0 Å². The third-order valence-corrected chi connectivity index (χ3v) is 7.76. The predicted octanol–water partition coefficient (Wildman–Crippen LogP) is 5.20. The number of aryl methyl sites for hydroxylation is 2. The largest absolute Gasteiger partial charge is 0.369 e. The molecule has 1 aromatic carbocycles. The molecule has 2 aliphatic rings. The van der Waals surface area contributed by atoms with Crippen molar-refractivity contribution in [2.75, 3.05) is 18.0 Å². The fraction of sp³-hybridized carbons (Fsp3) is 0.393. The Labute approximate surface area is 217 Å². The fourth-order valence-corrected chi connectivity index (χ4v) is 5.92. The van der Waals surface area contributed by atoms with Crippen LogP contribution in [-0.4, -0.2) is 37.6 Å². The van der Waals surface area contributed by atoms with Crippen LogP contribution in [0.15, 0.2) is 47.7 Å². The number of halogens is 3. The van der Waals surface area contributed by atoms with Crippen LogP contribution in [0.25, 0.3) is 11.2 Å². The van der Waals surface area contributed by atoms with E-state index >= 15 is 0 Å². The van der Waals surface area contributed by atoms with Crippen LogP contribution in [0.2, 0.25) is 0 Å². The molecule has 1 fully saturated rings. The lowest BCUT2D eigenvalue weighted by molar-refractivity contribution is -0.0320. The molecule has 4 heterocycles. The highest BCUT2D eigenvalue weighted by Crippen LogP contribution is 2.44. The first-order valence-corrected chi connectivity index (χ1v) is 12.8. The number of anilines is 1. The van der Waals surface area contributed by atoms with Gasteiger partial charge in [-0.25, -0.2) is 9.37 Å². The molecule has 196 valence electrons. The summed E-state index contributed by atoms with van der Waals surface area (Å²) in [5.41, 5.74) is 2.97. The van der Waals surface area contributed by atoms with Crippen LogP contribution in [0.5, 0.6) is 0 Å². The molecule has 1 saturated heterocycles. The maximum atomic E-state index is 14.7. The maximum absolute atomic E-state index is 14.7. The van der Waals surface area contributed by atoms with Crippen molar-refractivity contribution in [2.45, 2.75) is 57.4 Å². The monoisotopic (exact) mass is 520 g/mol. The van der Waals surface area contributed by atoms with E-state index in [2.05, 4.69) is 19.9 Å². The molecule has 0 spiro atoms. The second kappa shape index (κ2) is 9.18. The first kappa shape index (κ1) is 24.5. The van der Waals surface area contributed by atoms with Crippen LogP contribution < -0.4 is 10.5 Å². The van der Waals surface area contributed by atoms with Gasteiger partial charge >= 0.3 is 0 Å². The van der Waals surface area contributed by atoms with Crippen LogP contribution in [0, 0.1) is 19.7 Å². The third kappa shape index (κ3) is 4.02. The molecular weight excluding hydrogens is 493 g/mol. The van der Waals surface area contributed by atoms with Crippen LogP contribution in [0.3, 0.4) is 0 Å². The van der Waals surface area contributed by atoms with E-state index in [1.165, 1.54) is 23.0 Å². The smallest absolute Gasteiger partial charge is 0.291 e. The molecule has 0 N–H and O–H groups in total. The zero-order valence-electron chi connectivity index (χ0n) is 21.2. The average molecular weight is 521 g/mol. The quantitative estimate of drug-likeness (QED) is 0.370. The number of benzene rings is 1. The Hall–Kier alpha value is -3.82. The summed E-state index contributed by atoms with van der Waals surface area (Å²) in [6, 6.07) is 6.10. The third-order valence-electron chi connectivity index (χ3n) is 7.76. The number of hydrogen-bond acceptors (Lipinski definition) is 6. The van der Waals surface area contributed by atoms with Gasteiger partial charge in [0.1, 0.15) is 17.0 Å². The summed E-state index contributed by atoms with van der Waals surface area (Å²) in [5.74, 6) is -3.46. The van der Waals surface area contributed by atoms with Gasteiger partial charge in [-0.2, -0.15) is 8.78 Å². The van der Waals surface area contributed by atoms with Crippen molar-refractivity contribution in [3.63, 3.8) is 0 Å². The highest BCUT2D eigenvalue weighted by Gasteiger charge is 2.44. The summed E-state index contributed by atoms with van der Waals surface area (Å²) in [5, 5.41) is 0. The average Bonchev–Trinajstić information content (AvgIpc) is 2.90. The van der Waals surface area contributed by atoms with E-state index in [0.717, 1.165) is 5.56 Å². The molecule has 0 amide bonds. The zero-order chi connectivity index (χ0) is 26.6. The lowest BCUT2D eigenvalue weighted by Crippen LogP contribution is -2.38. The Morgan fingerprint density at radius 3 is 2.55 bits per heavy atom. The number of para-hydroxylation sites is 1. The summed E-state index contributed by atoms with van der Waals surface area (Å²) in [4.78, 5) is 33.5. The molecule has 6 rings (SSSR count). The molecule has 7 nitrogen and oxygen atoms in total. The van der Waals surface area contributed by atoms with Gasteiger partial charge in [0.2, 0.25) is 0 Å². The molecule has 4 aromatic rings. The van der Waals surface area contributed by atoms with Crippen molar-refractivity contribution in [3.05, 3.63) is 87.2 Å². The topological polar surface area (TPSA) is 76.8 Å². The molecule has 1 unspecified atom stereocenters. The molecule has 0 saturated carbocycles. The molecule has 1 atom stereocenters. The number of rotatable bonds is 3. The maximum Gasteiger partial charge on any atom is 0.291 e. The highest BCUT2D eigenvalue weighted by atomic mass is 19.3. The van der Waals surface area contributed by atoms with Crippen molar-refractivity contribution in [1.82, 2.24) is 24.5 Å². The molecular formula is C28H27F3N6O. The summed E-state index contributed by atoms with van der Waals surface area (Å²) >= 11 is 0. The van der Waals surface area contributed by atoms with Gasteiger partial charge in [0, 0.05) is 43.7 Å². The van der Waals surface area contributed by atoms with Crippen molar-refractivity contribution in [1.29, 1.82) is 0 Å². The predicted molar refractivity (Wildman–Crippen MR) is 137 cm³/mol. The number of pyridine rings is 1. The van der Waals surface area contributed by atoms with Crippen molar-refractivity contribution in [3.8, 4) is 0 Å². The van der Waals surface area contributed by atoms with Crippen molar-refractivity contribution in [2.24, 2.45) is 0 Å². The molecule has 38 heavy (non-hydrogen) atoms. The second-order valence-corrected chi connectivity index (χ2v) is 10.2. The second-order valence-electron chi connectivity index (χ2n) is 10.2. The van der Waals surface area contributed by atoms with E-state index < -0.39 is 24.1 Å². The van der Waals surface area contributed by atoms with Crippen LogP contribution in [0.1, 0.15) is 65.9 Å². The molecule has 3 aromatic heterocycles. The normalized spacial score (nSPS) is 19.5. The van der Waals surface area contributed by atoms with Gasteiger partial charge in [0.05, 0.1) is 23.1 Å². The van der Waals surface area contributed by atoms with E-state index in [1.807, 2.05) is 17.9 Å². The first-order valence-electron chi connectivity index (χ1n) is 12.8. The Morgan fingerprint density at radius 1 is 1.03 bits per heavy atom. The number of aromatic nitrogens is 5. The Morgan fingerprint density at radius 2 is 1.79 bits per heavy atom. The van der Waals surface area contributed by atoms with Gasteiger partial charge < -0.3 is 4.90 Å². The summed E-state index contributed by atoms with van der Waals surface area (Å²) in [7, 11) is 0. The van der Waals surface area contributed by atoms with E-state index in [-0.39, 0.29) is 29.4 Å². The lowest BCUT2D eigenvalue weighted by atomic mass is 9.88. The molecule has 1 aliphatic heterocycles. The lowest BCUT2D eigenvalue weighted by Gasteiger charge is -2.35. The minimum Gasteiger partial charge on any atom is -0.369 e. The zero-order valence-corrected chi connectivity index (χ0v) is 21.2. The Kier molecular flexibility index (Phi) is 5.92. The van der Waals surface area contributed by atoms with E-state index in [4.69, 9.17) is 0 Å². The molecule has 1 aliphatic carbocycles. The summed E-state index contributed by atoms with van der Waals surface area (Å²) in [6.07, 6.45) is 5.13. The van der Waals surface area contributed by atoms with Crippen molar-refractivity contribution < 1.29 is 13.2 Å². The van der Waals surface area contributed by atoms with Gasteiger partial charge in [0.15, 0.2) is 5.65 Å². The standard InChI is InChI=1S/C28H27F3N6O/c1-16-4-3-5-20(29)24(16)36-12-7-18(8-13-36)19-14-21-26(35-17(2)15-34-21)37(27(19)38)22-6-9-28(30,31)25-23(22)32-10-11-33-25/h3-5,10-11,14-15,18,22H,6-9,12-13H2,1-2H3.